The second-order valence-corrected chi connectivity index (χ2v) is 2.77. The van der Waals surface area contributed by atoms with Crippen molar-refractivity contribution in [1.29, 1.82) is 0 Å². The van der Waals surface area contributed by atoms with Crippen LogP contribution in [0.3, 0.4) is 0 Å². The minimum atomic E-state index is -0.435. The molecule has 0 atom stereocenters. The Hall–Kier alpha value is -0.440. The number of rotatable bonds is 1. The van der Waals surface area contributed by atoms with E-state index in [1.54, 1.807) is 6.08 Å². The molecule has 11 heavy (non-hydrogen) atoms. The molecule has 0 aromatic heterocycles. The van der Waals surface area contributed by atoms with E-state index in [4.69, 9.17) is 0 Å². The van der Waals surface area contributed by atoms with Crippen LogP contribution in [0.2, 0.25) is 0 Å². The zero-order valence-corrected chi connectivity index (χ0v) is 7.37. The van der Waals surface area contributed by atoms with Gasteiger partial charge >= 0.3 is 0 Å². The topological polar surface area (TPSA) is 0 Å². The molecule has 0 heterocycles. The summed E-state index contributed by atoms with van der Waals surface area (Å²) >= 11 is 3.11. The molecule has 0 unspecified atom stereocenters. The first-order valence-electron chi connectivity index (χ1n) is 3.20. The Balaban J connectivity index is 2.88. The van der Waals surface area contributed by atoms with Gasteiger partial charge in [-0.1, -0.05) is 28.1 Å². The van der Waals surface area contributed by atoms with Gasteiger partial charge in [0.2, 0.25) is 0 Å². The van der Waals surface area contributed by atoms with Crippen LogP contribution in [-0.2, 0) is 0 Å². The second-order valence-electron chi connectivity index (χ2n) is 2.21. The van der Waals surface area contributed by atoms with E-state index in [0.717, 1.165) is 0 Å². The molecule has 0 saturated carbocycles. The zero-order chi connectivity index (χ0) is 8.27. The van der Waals surface area contributed by atoms with Crippen LogP contribution in [0.4, 0.5) is 8.78 Å². The maximum atomic E-state index is 12.9. The fraction of sp³-hybridized carbons (Fsp3) is 0.250. The highest BCUT2D eigenvalue weighted by atomic mass is 79.9. The summed E-state index contributed by atoms with van der Waals surface area (Å²) in [5.41, 5.74) is 0.508. The highest BCUT2D eigenvalue weighted by Gasteiger charge is 2.07. The Morgan fingerprint density at radius 3 is 2.82 bits per heavy atom. The largest absolute Gasteiger partial charge is 0.211 e. The van der Waals surface area contributed by atoms with Gasteiger partial charge in [0.15, 0.2) is 0 Å². The van der Waals surface area contributed by atoms with Crippen molar-refractivity contribution in [2.24, 2.45) is 0 Å². The van der Waals surface area contributed by atoms with Gasteiger partial charge in [-0.25, -0.2) is 8.78 Å². The highest BCUT2D eigenvalue weighted by molar-refractivity contribution is 9.09. The van der Waals surface area contributed by atoms with Crippen molar-refractivity contribution in [3.05, 3.63) is 35.5 Å². The Morgan fingerprint density at radius 1 is 1.45 bits per heavy atom. The van der Waals surface area contributed by atoms with Crippen LogP contribution in [-0.4, -0.2) is 5.33 Å². The summed E-state index contributed by atoms with van der Waals surface area (Å²) in [5, 5.41) is 0.427. The summed E-state index contributed by atoms with van der Waals surface area (Å²) in [7, 11) is 0. The van der Waals surface area contributed by atoms with Gasteiger partial charge in [0.25, 0.3) is 0 Å². The summed E-state index contributed by atoms with van der Waals surface area (Å²) in [6.45, 7) is 0. The Labute approximate surface area is 72.4 Å². The molecule has 0 bridgehead atoms. The summed E-state index contributed by atoms with van der Waals surface area (Å²) < 4.78 is 25.4. The van der Waals surface area contributed by atoms with Crippen molar-refractivity contribution in [2.75, 3.05) is 5.33 Å². The van der Waals surface area contributed by atoms with Gasteiger partial charge < -0.3 is 0 Å². The SMILES string of the molecule is FC1=CC=CC(CBr)=C(F)C1. The third-order valence-electron chi connectivity index (χ3n) is 1.39. The van der Waals surface area contributed by atoms with Gasteiger partial charge in [-0.2, -0.15) is 0 Å². The molecule has 60 valence electrons. The van der Waals surface area contributed by atoms with Crippen LogP contribution in [0.1, 0.15) is 6.42 Å². The van der Waals surface area contributed by atoms with Crippen LogP contribution in [0.15, 0.2) is 35.5 Å². The highest BCUT2D eigenvalue weighted by Crippen LogP contribution is 2.22. The lowest BCUT2D eigenvalue weighted by molar-refractivity contribution is 0.539. The van der Waals surface area contributed by atoms with Crippen molar-refractivity contribution in [3.8, 4) is 0 Å². The molecule has 3 heteroatoms. The molecule has 1 aliphatic rings. The van der Waals surface area contributed by atoms with Crippen LogP contribution in [0.5, 0.6) is 0 Å². The van der Waals surface area contributed by atoms with Gasteiger partial charge in [0.05, 0.1) is 6.42 Å². The smallest absolute Gasteiger partial charge is 0.111 e. The fourth-order valence-corrected chi connectivity index (χ4v) is 1.29. The van der Waals surface area contributed by atoms with Gasteiger partial charge in [0.1, 0.15) is 11.7 Å². The summed E-state index contributed by atoms with van der Waals surface area (Å²) in [5.74, 6) is -0.834. The molecule has 0 amide bonds. The van der Waals surface area contributed by atoms with E-state index in [0.29, 0.717) is 10.9 Å². The van der Waals surface area contributed by atoms with Crippen molar-refractivity contribution >= 4 is 15.9 Å². The van der Waals surface area contributed by atoms with Gasteiger partial charge in [0, 0.05) is 5.33 Å². The lowest BCUT2D eigenvalue weighted by Gasteiger charge is -1.96. The maximum absolute atomic E-state index is 12.9. The lowest BCUT2D eigenvalue weighted by atomic mass is 10.2. The monoisotopic (exact) mass is 220 g/mol. The molecule has 0 radical (unpaired) electrons. The number of hydrogen-bond acceptors (Lipinski definition) is 0. The molecule has 0 aliphatic heterocycles. The molecule has 0 fully saturated rings. The van der Waals surface area contributed by atoms with E-state index in [2.05, 4.69) is 15.9 Å². The molecule has 1 aliphatic carbocycles. The van der Waals surface area contributed by atoms with Crippen molar-refractivity contribution in [1.82, 2.24) is 0 Å². The molecule has 0 saturated heterocycles. The zero-order valence-electron chi connectivity index (χ0n) is 5.78. The summed E-state index contributed by atoms with van der Waals surface area (Å²) in [6.07, 6.45) is 4.14. The predicted octanol–water partition coefficient (Wildman–Crippen LogP) is 3.42. The summed E-state index contributed by atoms with van der Waals surface area (Å²) in [6, 6.07) is 0. The van der Waals surface area contributed by atoms with E-state index < -0.39 is 11.7 Å². The van der Waals surface area contributed by atoms with Crippen LogP contribution in [0.25, 0.3) is 0 Å². The maximum Gasteiger partial charge on any atom is 0.111 e. The predicted molar refractivity (Wildman–Crippen MR) is 44.9 cm³/mol. The first kappa shape index (κ1) is 8.65. The number of alkyl halides is 1. The van der Waals surface area contributed by atoms with Crippen molar-refractivity contribution in [2.45, 2.75) is 6.42 Å². The third kappa shape index (κ3) is 2.26. The first-order valence-corrected chi connectivity index (χ1v) is 4.32. The van der Waals surface area contributed by atoms with Crippen LogP contribution in [0, 0.1) is 0 Å². The minimum Gasteiger partial charge on any atom is -0.211 e. The van der Waals surface area contributed by atoms with E-state index in [-0.39, 0.29) is 6.42 Å². The number of hydrogen-bond donors (Lipinski definition) is 0. The Morgan fingerprint density at radius 2 is 2.18 bits per heavy atom. The van der Waals surface area contributed by atoms with E-state index in [1.807, 2.05) is 0 Å². The van der Waals surface area contributed by atoms with Gasteiger partial charge in [-0.15, -0.1) is 0 Å². The van der Waals surface area contributed by atoms with Gasteiger partial charge in [-0.3, -0.25) is 0 Å². The first-order chi connectivity index (χ1) is 5.24. The molecule has 0 nitrogen and oxygen atoms in total. The normalized spacial score (nSPS) is 18.3. The van der Waals surface area contributed by atoms with E-state index in [9.17, 15) is 8.78 Å². The lowest BCUT2D eigenvalue weighted by Crippen LogP contribution is -1.84. The van der Waals surface area contributed by atoms with Gasteiger partial charge in [-0.05, 0) is 11.6 Å². The molecule has 0 aromatic carbocycles. The van der Waals surface area contributed by atoms with E-state index >= 15 is 0 Å². The third-order valence-corrected chi connectivity index (χ3v) is 2.00. The van der Waals surface area contributed by atoms with Crippen molar-refractivity contribution < 1.29 is 8.78 Å². The average Bonchev–Trinajstić information content (AvgIpc) is 2.11. The minimum absolute atomic E-state index is 0.214. The number of halogens is 3. The Kier molecular flexibility index (Phi) is 3.00. The molecule has 1 rings (SSSR count). The average molecular weight is 221 g/mol. The molecule has 0 N–H and O–H groups in total. The quantitative estimate of drug-likeness (QED) is 0.595. The van der Waals surface area contributed by atoms with Crippen LogP contribution >= 0.6 is 15.9 Å². The van der Waals surface area contributed by atoms with E-state index in [1.165, 1.54) is 12.2 Å². The van der Waals surface area contributed by atoms with Crippen molar-refractivity contribution in [3.63, 3.8) is 0 Å². The molecular weight excluding hydrogens is 214 g/mol. The molecule has 0 spiro atoms. The molecular formula is C8H7BrF2. The molecule has 0 aromatic rings. The fourth-order valence-electron chi connectivity index (χ4n) is 0.797. The second kappa shape index (κ2) is 3.81. The summed E-state index contributed by atoms with van der Waals surface area (Å²) in [4.78, 5) is 0. The number of allylic oxidation sites excluding steroid dienone is 6. The van der Waals surface area contributed by atoms with Crippen LogP contribution < -0.4 is 0 Å². The standard InChI is InChI=1S/C8H7BrF2/c9-5-6-2-1-3-7(10)4-8(6)11/h1-3H,4-5H2. The Bertz CT molecular complexity index is 238.